The van der Waals surface area contributed by atoms with Gasteiger partial charge in [-0.05, 0) is 51.5 Å². The van der Waals surface area contributed by atoms with Crippen LogP contribution in [0.3, 0.4) is 0 Å². The Bertz CT molecular complexity index is 830. The van der Waals surface area contributed by atoms with Gasteiger partial charge in [-0.2, -0.15) is 0 Å². The van der Waals surface area contributed by atoms with Gasteiger partial charge in [0.15, 0.2) is 0 Å². The van der Waals surface area contributed by atoms with Crippen LogP contribution in [0.25, 0.3) is 0 Å². The van der Waals surface area contributed by atoms with E-state index in [4.69, 9.17) is 4.74 Å². The van der Waals surface area contributed by atoms with Crippen LogP contribution in [0.4, 0.5) is 10.1 Å². The highest BCUT2D eigenvalue weighted by atomic mass is 79.9. The van der Waals surface area contributed by atoms with E-state index in [1.165, 1.54) is 12.1 Å². The molecule has 5 nitrogen and oxygen atoms in total. The van der Waals surface area contributed by atoms with Gasteiger partial charge >= 0.3 is 5.97 Å². The Morgan fingerprint density at radius 2 is 1.96 bits per heavy atom. The zero-order chi connectivity index (χ0) is 18.7. The first kappa shape index (κ1) is 19.2. The summed E-state index contributed by atoms with van der Waals surface area (Å²) in [5.41, 5.74) is 1.94. The van der Waals surface area contributed by atoms with Crippen LogP contribution < -0.4 is 5.32 Å². The van der Waals surface area contributed by atoms with Gasteiger partial charge in [-0.1, -0.05) is 15.9 Å². The largest absolute Gasteiger partial charge is 0.461 e. The first-order valence-corrected chi connectivity index (χ1v) is 8.74. The maximum atomic E-state index is 14.0. The van der Waals surface area contributed by atoms with Gasteiger partial charge in [0.1, 0.15) is 11.5 Å². The molecule has 1 aromatic heterocycles. The zero-order valence-electron chi connectivity index (χ0n) is 14.6. The van der Waals surface area contributed by atoms with Gasteiger partial charge in [-0.25, -0.2) is 9.18 Å². The van der Waals surface area contributed by atoms with Crippen molar-refractivity contribution in [3.63, 3.8) is 0 Å². The van der Waals surface area contributed by atoms with Crippen LogP contribution >= 0.6 is 15.9 Å². The van der Waals surface area contributed by atoms with Gasteiger partial charge in [0.25, 0.3) is 5.91 Å². The third kappa shape index (κ3) is 3.76. The van der Waals surface area contributed by atoms with E-state index in [-0.39, 0.29) is 12.3 Å². The molecule has 2 rings (SSSR count). The standard InChI is InChI=1S/C18H20BrFN2O3/c1-5-22-11(4)15(10(3)16(22)18(24)25-6-2)17(23)21-14-8-7-12(19)9-13(14)20/h7-9H,5-6H2,1-4H3,(H,21,23). The van der Waals surface area contributed by atoms with E-state index >= 15 is 0 Å². The maximum absolute atomic E-state index is 14.0. The molecule has 1 heterocycles. The SMILES string of the molecule is CCOC(=O)c1c(C)c(C(=O)Nc2ccc(Br)cc2F)c(C)n1CC. The van der Waals surface area contributed by atoms with Gasteiger partial charge in [0.05, 0.1) is 17.9 Å². The number of nitrogens with one attached hydrogen (secondary N) is 1. The number of carbonyl (C=O) groups excluding carboxylic acids is 2. The minimum atomic E-state index is -0.543. The van der Waals surface area contributed by atoms with E-state index in [0.29, 0.717) is 33.5 Å². The average molecular weight is 411 g/mol. The van der Waals surface area contributed by atoms with E-state index in [9.17, 15) is 14.0 Å². The molecule has 1 aromatic carbocycles. The molecule has 0 aliphatic heterocycles. The van der Waals surface area contributed by atoms with Crippen molar-refractivity contribution in [2.75, 3.05) is 11.9 Å². The first-order valence-electron chi connectivity index (χ1n) is 7.94. The van der Waals surface area contributed by atoms with Crippen LogP contribution in [0.1, 0.15) is 46.0 Å². The Hall–Kier alpha value is -2.15. The maximum Gasteiger partial charge on any atom is 0.355 e. The number of amides is 1. The summed E-state index contributed by atoms with van der Waals surface area (Å²) in [5.74, 6) is -1.48. The molecular weight excluding hydrogens is 391 g/mol. The monoisotopic (exact) mass is 410 g/mol. The molecule has 0 bridgehead atoms. The Morgan fingerprint density at radius 1 is 1.28 bits per heavy atom. The van der Waals surface area contributed by atoms with Crippen LogP contribution in [-0.4, -0.2) is 23.1 Å². The number of nitrogens with zero attached hydrogens (tertiary/aromatic N) is 1. The molecule has 2 aromatic rings. The van der Waals surface area contributed by atoms with Crippen LogP contribution in [0.15, 0.2) is 22.7 Å². The fourth-order valence-electron chi connectivity index (χ4n) is 2.86. The summed E-state index contributed by atoms with van der Waals surface area (Å²) in [6.45, 7) is 7.82. The predicted octanol–water partition coefficient (Wildman–Crippen LogP) is 4.46. The number of aromatic nitrogens is 1. The van der Waals surface area contributed by atoms with E-state index in [0.717, 1.165) is 0 Å². The lowest BCUT2D eigenvalue weighted by atomic mass is 10.1. The van der Waals surface area contributed by atoms with Crippen molar-refractivity contribution >= 4 is 33.5 Å². The topological polar surface area (TPSA) is 60.3 Å². The predicted molar refractivity (Wildman–Crippen MR) is 97.6 cm³/mol. The Balaban J connectivity index is 2.44. The van der Waals surface area contributed by atoms with Crippen molar-refractivity contribution in [3.05, 3.63) is 51.0 Å². The molecule has 0 fully saturated rings. The second kappa shape index (κ2) is 7.82. The number of rotatable bonds is 5. The molecule has 1 amide bonds. The van der Waals surface area contributed by atoms with E-state index in [2.05, 4.69) is 21.2 Å². The molecule has 0 spiro atoms. The summed E-state index contributed by atoms with van der Waals surface area (Å²) < 4.78 is 21.4. The number of esters is 1. The molecular formula is C18H20BrFN2O3. The van der Waals surface area contributed by atoms with E-state index in [1.54, 1.807) is 31.4 Å². The number of anilines is 1. The molecule has 0 unspecified atom stereocenters. The Morgan fingerprint density at radius 3 is 2.52 bits per heavy atom. The molecule has 0 saturated heterocycles. The number of hydrogen-bond donors (Lipinski definition) is 1. The molecule has 25 heavy (non-hydrogen) atoms. The van der Waals surface area contributed by atoms with Crippen molar-refractivity contribution in [1.82, 2.24) is 4.57 Å². The van der Waals surface area contributed by atoms with Gasteiger partial charge in [0.2, 0.25) is 0 Å². The number of ether oxygens (including phenoxy) is 1. The number of halogens is 2. The fraction of sp³-hybridized carbons (Fsp3) is 0.333. The van der Waals surface area contributed by atoms with Crippen LogP contribution in [0, 0.1) is 19.7 Å². The normalized spacial score (nSPS) is 10.6. The summed E-state index contributed by atoms with van der Waals surface area (Å²) in [6.07, 6.45) is 0. The Kier molecular flexibility index (Phi) is 6.00. The smallest absolute Gasteiger partial charge is 0.355 e. The van der Waals surface area contributed by atoms with Crippen LogP contribution in [0.2, 0.25) is 0 Å². The summed E-state index contributed by atoms with van der Waals surface area (Å²) in [7, 11) is 0. The van der Waals surface area contributed by atoms with E-state index < -0.39 is 17.7 Å². The van der Waals surface area contributed by atoms with Crippen molar-refractivity contribution < 1.29 is 18.7 Å². The number of benzene rings is 1. The van der Waals surface area contributed by atoms with Gasteiger partial charge in [0, 0.05) is 16.7 Å². The summed E-state index contributed by atoms with van der Waals surface area (Å²) in [5, 5.41) is 2.57. The second-order valence-corrected chi connectivity index (χ2v) is 6.39. The first-order chi connectivity index (χ1) is 11.8. The average Bonchev–Trinajstić information content (AvgIpc) is 2.80. The lowest BCUT2D eigenvalue weighted by molar-refractivity contribution is 0.0512. The van der Waals surface area contributed by atoms with Gasteiger partial charge < -0.3 is 14.6 Å². The van der Waals surface area contributed by atoms with Gasteiger partial charge in [-0.3, -0.25) is 4.79 Å². The van der Waals surface area contributed by atoms with Crippen LogP contribution in [-0.2, 0) is 11.3 Å². The van der Waals surface area contributed by atoms with Crippen molar-refractivity contribution in [2.24, 2.45) is 0 Å². The lowest BCUT2D eigenvalue weighted by Gasteiger charge is -2.09. The second-order valence-electron chi connectivity index (χ2n) is 5.48. The third-order valence-corrected chi connectivity index (χ3v) is 4.45. The highest BCUT2D eigenvalue weighted by Crippen LogP contribution is 2.26. The molecule has 0 atom stereocenters. The third-order valence-electron chi connectivity index (χ3n) is 3.96. The highest BCUT2D eigenvalue weighted by Gasteiger charge is 2.27. The Labute approximate surface area is 154 Å². The fourth-order valence-corrected chi connectivity index (χ4v) is 3.20. The number of hydrogen-bond acceptors (Lipinski definition) is 3. The van der Waals surface area contributed by atoms with Gasteiger partial charge in [-0.15, -0.1) is 0 Å². The molecule has 0 aliphatic carbocycles. The number of carbonyl (C=O) groups is 2. The molecule has 1 N–H and O–H groups in total. The quantitative estimate of drug-likeness (QED) is 0.740. The van der Waals surface area contributed by atoms with E-state index in [1.807, 2.05) is 6.92 Å². The molecule has 0 saturated carbocycles. The summed E-state index contributed by atoms with van der Waals surface area (Å²) in [6, 6.07) is 4.39. The highest BCUT2D eigenvalue weighted by molar-refractivity contribution is 9.10. The summed E-state index contributed by atoms with van der Waals surface area (Å²) in [4.78, 5) is 24.9. The molecule has 0 radical (unpaired) electrons. The minimum Gasteiger partial charge on any atom is -0.461 e. The lowest BCUT2D eigenvalue weighted by Crippen LogP contribution is -2.15. The minimum absolute atomic E-state index is 0.0777. The van der Waals surface area contributed by atoms with Crippen molar-refractivity contribution in [1.29, 1.82) is 0 Å². The molecule has 7 heteroatoms. The van der Waals surface area contributed by atoms with Crippen molar-refractivity contribution in [2.45, 2.75) is 34.2 Å². The molecule has 134 valence electrons. The zero-order valence-corrected chi connectivity index (χ0v) is 16.2. The van der Waals surface area contributed by atoms with Crippen LogP contribution in [0.5, 0.6) is 0 Å². The van der Waals surface area contributed by atoms with Crippen molar-refractivity contribution in [3.8, 4) is 0 Å². The summed E-state index contributed by atoms with van der Waals surface area (Å²) >= 11 is 3.18. The molecule has 0 aliphatic rings.